The Balaban J connectivity index is 3.56. The first kappa shape index (κ1) is 16.7. The maximum absolute atomic E-state index is 11.8. The van der Waals surface area contributed by atoms with Crippen LogP contribution < -0.4 is 10.6 Å². The van der Waals surface area contributed by atoms with Gasteiger partial charge in [-0.05, 0) is 24.3 Å². The van der Waals surface area contributed by atoms with Crippen molar-refractivity contribution in [3.63, 3.8) is 0 Å². The summed E-state index contributed by atoms with van der Waals surface area (Å²) in [5.74, 6) is 1.74. The van der Waals surface area contributed by atoms with Gasteiger partial charge in [0, 0.05) is 13.1 Å². The summed E-state index contributed by atoms with van der Waals surface area (Å²) in [6, 6.07) is 0. The van der Waals surface area contributed by atoms with Crippen molar-refractivity contribution in [3.05, 3.63) is 0 Å². The van der Waals surface area contributed by atoms with Crippen LogP contribution >= 0.6 is 0 Å². The van der Waals surface area contributed by atoms with Gasteiger partial charge in [-0.15, -0.1) is 0 Å². The topological polar surface area (TPSA) is 24.1 Å². The van der Waals surface area contributed by atoms with E-state index in [1.165, 1.54) is 0 Å². The molecule has 0 saturated carbocycles. The quantitative estimate of drug-likeness (QED) is 0.651. The van der Waals surface area contributed by atoms with Crippen LogP contribution in [0.3, 0.4) is 0 Å². The zero-order valence-corrected chi connectivity index (χ0v) is 11.2. The minimum atomic E-state index is -4.11. The minimum Gasteiger partial charge on any atom is -0.315 e. The number of rotatable bonds is 8. The Kier molecular flexibility index (Phi) is 7.79. The molecule has 0 aliphatic rings. The molecule has 0 bridgehead atoms. The van der Waals surface area contributed by atoms with E-state index in [0.29, 0.717) is 30.8 Å². The Labute approximate surface area is 102 Å². The lowest BCUT2D eigenvalue weighted by Gasteiger charge is -2.25. The van der Waals surface area contributed by atoms with Crippen LogP contribution in [0.2, 0.25) is 0 Å². The van der Waals surface area contributed by atoms with Crippen molar-refractivity contribution >= 4 is 0 Å². The first-order valence-corrected chi connectivity index (χ1v) is 6.22. The summed E-state index contributed by atoms with van der Waals surface area (Å²) >= 11 is 0. The van der Waals surface area contributed by atoms with E-state index in [2.05, 4.69) is 38.3 Å². The molecule has 0 heterocycles. The van der Waals surface area contributed by atoms with Gasteiger partial charge >= 0.3 is 6.18 Å². The monoisotopic (exact) mass is 254 g/mol. The second-order valence-electron chi connectivity index (χ2n) is 5.15. The zero-order valence-electron chi connectivity index (χ0n) is 11.2. The Morgan fingerprint density at radius 3 is 1.76 bits per heavy atom. The van der Waals surface area contributed by atoms with E-state index in [0.717, 1.165) is 6.54 Å². The summed E-state index contributed by atoms with van der Waals surface area (Å²) in [5.41, 5.74) is 0. The van der Waals surface area contributed by atoms with Crippen molar-refractivity contribution in [2.24, 2.45) is 17.8 Å². The summed E-state index contributed by atoms with van der Waals surface area (Å²) < 4.78 is 35.5. The van der Waals surface area contributed by atoms with Gasteiger partial charge in [0.25, 0.3) is 0 Å². The van der Waals surface area contributed by atoms with Crippen LogP contribution in [-0.2, 0) is 0 Å². The van der Waals surface area contributed by atoms with Gasteiger partial charge in [-0.2, -0.15) is 13.2 Å². The first-order valence-electron chi connectivity index (χ1n) is 6.22. The molecule has 0 rings (SSSR count). The smallest absolute Gasteiger partial charge is 0.315 e. The van der Waals surface area contributed by atoms with Gasteiger partial charge in [0.1, 0.15) is 0 Å². The van der Waals surface area contributed by atoms with Crippen molar-refractivity contribution in [2.45, 2.75) is 33.9 Å². The summed E-state index contributed by atoms with van der Waals surface area (Å²) in [7, 11) is 0. The highest BCUT2D eigenvalue weighted by Crippen LogP contribution is 2.19. The van der Waals surface area contributed by atoms with Gasteiger partial charge in [-0.3, -0.25) is 0 Å². The maximum atomic E-state index is 11.8. The maximum Gasteiger partial charge on any atom is 0.401 e. The molecule has 0 aromatic rings. The Bertz CT molecular complexity index is 183. The summed E-state index contributed by atoms with van der Waals surface area (Å²) in [4.78, 5) is 0. The predicted molar refractivity (Wildman–Crippen MR) is 65.0 cm³/mol. The highest BCUT2D eigenvalue weighted by molar-refractivity contribution is 4.69. The molecular weight excluding hydrogens is 229 g/mol. The summed E-state index contributed by atoms with van der Waals surface area (Å²) in [5, 5.41) is 5.57. The molecule has 0 fully saturated rings. The second kappa shape index (κ2) is 7.93. The molecule has 0 spiro atoms. The largest absolute Gasteiger partial charge is 0.401 e. The fourth-order valence-electron chi connectivity index (χ4n) is 1.92. The Morgan fingerprint density at radius 2 is 1.35 bits per heavy atom. The van der Waals surface area contributed by atoms with E-state index in [-0.39, 0.29) is 0 Å². The summed E-state index contributed by atoms with van der Waals surface area (Å²) in [6.45, 7) is 9.58. The predicted octanol–water partition coefficient (Wildman–Crippen LogP) is 2.66. The number of hydrogen-bond donors (Lipinski definition) is 2. The number of halogens is 3. The van der Waals surface area contributed by atoms with Crippen LogP contribution in [0.5, 0.6) is 0 Å². The van der Waals surface area contributed by atoms with Gasteiger partial charge < -0.3 is 10.6 Å². The lowest BCUT2D eigenvalue weighted by atomic mass is 9.85. The second-order valence-corrected chi connectivity index (χ2v) is 5.15. The summed E-state index contributed by atoms with van der Waals surface area (Å²) in [6.07, 6.45) is -4.11. The molecule has 0 aliphatic carbocycles. The average Bonchev–Trinajstić information content (AvgIpc) is 2.13. The van der Waals surface area contributed by atoms with Crippen LogP contribution in [0, 0.1) is 17.8 Å². The molecule has 2 nitrogen and oxygen atoms in total. The van der Waals surface area contributed by atoms with Gasteiger partial charge in [0.2, 0.25) is 0 Å². The van der Waals surface area contributed by atoms with E-state index in [1.54, 1.807) is 0 Å². The number of nitrogens with one attached hydrogen (secondary N) is 2. The molecule has 0 radical (unpaired) electrons. The van der Waals surface area contributed by atoms with Crippen LogP contribution in [0.25, 0.3) is 0 Å². The van der Waals surface area contributed by atoms with E-state index in [4.69, 9.17) is 0 Å². The first-order chi connectivity index (χ1) is 7.74. The fraction of sp³-hybridized carbons (Fsp3) is 1.00. The lowest BCUT2D eigenvalue weighted by molar-refractivity contribution is -0.124. The van der Waals surface area contributed by atoms with Crippen LogP contribution in [-0.4, -0.2) is 32.4 Å². The molecule has 5 heteroatoms. The van der Waals surface area contributed by atoms with Gasteiger partial charge in [-0.1, -0.05) is 27.7 Å². The third kappa shape index (κ3) is 9.41. The molecule has 2 N–H and O–H groups in total. The van der Waals surface area contributed by atoms with Gasteiger partial charge in [0.05, 0.1) is 6.54 Å². The molecule has 0 amide bonds. The lowest BCUT2D eigenvalue weighted by Crippen LogP contribution is -2.37. The SMILES string of the molecule is CC(C)C(CNCCNCC(F)(F)F)C(C)C. The zero-order chi connectivity index (χ0) is 13.5. The highest BCUT2D eigenvalue weighted by Gasteiger charge is 2.25. The molecule has 0 atom stereocenters. The minimum absolute atomic E-state index is 0.350. The van der Waals surface area contributed by atoms with Crippen molar-refractivity contribution in [2.75, 3.05) is 26.2 Å². The highest BCUT2D eigenvalue weighted by atomic mass is 19.4. The van der Waals surface area contributed by atoms with E-state index in [1.807, 2.05) is 0 Å². The Morgan fingerprint density at radius 1 is 0.882 bits per heavy atom. The van der Waals surface area contributed by atoms with Gasteiger partial charge in [0.15, 0.2) is 0 Å². The molecular formula is C12H25F3N2. The molecule has 17 heavy (non-hydrogen) atoms. The molecule has 0 aromatic carbocycles. The van der Waals surface area contributed by atoms with E-state index >= 15 is 0 Å². The number of hydrogen-bond acceptors (Lipinski definition) is 2. The van der Waals surface area contributed by atoms with Crippen LogP contribution in [0.4, 0.5) is 13.2 Å². The third-order valence-corrected chi connectivity index (χ3v) is 2.90. The van der Waals surface area contributed by atoms with Gasteiger partial charge in [-0.25, -0.2) is 0 Å². The molecule has 0 aliphatic heterocycles. The van der Waals surface area contributed by atoms with E-state index < -0.39 is 12.7 Å². The van der Waals surface area contributed by atoms with Crippen molar-refractivity contribution < 1.29 is 13.2 Å². The van der Waals surface area contributed by atoms with Crippen molar-refractivity contribution in [1.82, 2.24) is 10.6 Å². The molecule has 0 unspecified atom stereocenters. The van der Waals surface area contributed by atoms with Crippen LogP contribution in [0.1, 0.15) is 27.7 Å². The molecule has 104 valence electrons. The van der Waals surface area contributed by atoms with E-state index in [9.17, 15) is 13.2 Å². The third-order valence-electron chi connectivity index (χ3n) is 2.90. The number of alkyl halides is 3. The van der Waals surface area contributed by atoms with Crippen molar-refractivity contribution in [3.8, 4) is 0 Å². The standard InChI is InChI=1S/C12H25F3N2/c1-9(2)11(10(3)4)7-16-5-6-17-8-12(13,14)15/h9-11,16-17H,5-8H2,1-4H3. The average molecular weight is 254 g/mol. The molecule has 0 aromatic heterocycles. The van der Waals surface area contributed by atoms with Crippen LogP contribution in [0.15, 0.2) is 0 Å². The Hall–Kier alpha value is -0.290. The molecule has 0 saturated heterocycles. The van der Waals surface area contributed by atoms with Crippen molar-refractivity contribution in [1.29, 1.82) is 0 Å². The normalized spacial score (nSPS) is 13.1. The fourth-order valence-corrected chi connectivity index (χ4v) is 1.92.